The van der Waals surface area contributed by atoms with E-state index in [1.807, 2.05) is 45.0 Å². The highest BCUT2D eigenvalue weighted by molar-refractivity contribution is 14.0. The van der Waals surface area contributed by atoms with Crippen molar-refractivity contribution in [3.63, 3.8) is 0 Å². The highest BCUT2D eigenvalue weighted by atomic mass is 127. The number of terminal acetylenes is 1. The highest BCUT2D eigenvalue weighted by Gasteiger charge is 2.70. The number of hydrogen-bond donors (Lipinski definition) is 0. The second-order valence-corrected chi connectivity index (χ2v) is 42.3. The summed E-state index contributed by atoms with van der Waals surface area (Å²) in [4.78, 5) is 65.6. The van der Waals surface area contributed by atoms with Crippen LogP contribution in [0.1, 0.15) is 290 Å². The van der Waals surface area contributed by atoms with E-state index in [0.29, 0.717) is 86.6 Å². The van der Waals surface area contributed by atoms with Gasteiger partial charge in [0, 0.05) is 88.3 Å². The van der Waals surface area contributed by atoms with Crippen LogP contribution in [0.15, 0.2) is 81.7 Å². The van der Waals surface area contributed by atoms with Crippen molar-refractivity contribution in [3.8, 4) is 90.1 Å². The molecule has 17 rings (SSSR count). The summed E-state index contributed by atoms with van der Waals surface area (Å²) in [6.07, 6.45) is 48.1. The molecule has 0 amide bonds. The quantitative estimate of drug-likeness (QED) is 0.0947. The van der Waals surface area contributed by atoms with E-state index in [0.717, 1.165) is 134 Å². The SMILES string of the molecule is C#C[C@]12CCCC=C1[C@@]1(C)CCC3(OCCO3)C(C)(C)[C@@H]1CC2.CC1(C)C(=O)CC[C@]2(C)C3=CC(=O)CC[C@]3(C#CC#N)CC[C@@H]12.CC1(C)C(=O)CC[C@]2(C)C3=CCCC[C@]3(C#CC#N)CC[C@@H]12.CC1(C)[C@@H]2CC[C@@]3(C#CC#N)CCCC=C3[C@@]2(C)CCC12OCCO2.I.[C-]#[N+]C1=C[C@]2(C)C3=CC(=O)C(C#N)=C[C@]3(C#CC#N)CC[C@H]2C(C)(C)C1=O. The number of rotatable bonds is 0. The average molecular weight is 1740 g/mol. The van der Waals surface area contributed by atoms with Gasteiger partial charge in [0.25, 0.3) is 0 Å². The molecule has 2 saturated heterocycles. The van der Waals surface area contributed by atoms with Crippen LogP contribution in [-0.2, 0) is 42.9 Å². The van der Waals surface area contributed by atoms with Crippen molar-refractivity contribution in [2.75, 3.05) is 26.4 Å². The number of halogens is 1. The van der Waals surface area contributed by atoms with Crippen LogP contribution in [0.5, 0.6) is 0 Å². The topological polar surface area (TPSA) is 246 Å². The molecule has 15 aliphatic carbocycles. The Morgan fingerprint density at radius 3 is 1.23 bits per heavy atom. The van der Waals surface area contributed by atoms with E-state index in [1.54, 1.807) is 23.8 Å². The molecule has 15 nitrogen and oxygen atoms in total. The Balaban J connectivity index is 0.000000138. The monoisotopic (exact) mass is 1740 g/mol. The van der Waals surface area contributed by atoms with Gasteiger partial charge in [-0.05, 0) is 251 Å². The van der Waals surface area contributed by atoms with Crippen LogP contribution in [-0.4, -0.2) is 66.9 Å². The van der Waals surface area contributed by atoms with Crippen molar-refractivity contribution in [1.82, 2.24) is 0 Å². The Bertz CT molecular complexity index is 5150. The summed E-state index contributed by atoms with van der Waals surface area (Å²) in [5, 5.41) is 45.1. The zero-order valence-corrected chi connectivity index (χ0v) is 76.9. The number of hydrogen-bond acceptors (Lipinski definition) is 14. The van der Waals surface area contributed by atoms with Gasteiger partial charge >= 0.3 is 0 Å². The molecule has 0 aromatic carbocycles. The molecule has 2 aliphatic heterocycles. The Kier molecular flexibility index (Phi) is 25.2. The van der Waals surface area contributed by atoms with E-state index in [2.05, 4.69) is 166 Å². The van der Waals surface area contributed by atoms with Crippen molar-refractivity contribution in [1.29, 1.82) is 26.3 Å². The largest absolute Gasteiger partial charge is 0.347 e. The second kappa shape index (κ2) is 33.1. The average Bonchev–Trinajstić information content (AvgIpc) is 1.54. The van der Waals surface area contributed by atoms with Crippen LogP contribution in [0.3, 0.4) is 0 Å². The van der Waals surface area contributed by atoms with E-state index in [9.17, 15) is 29.2 Å². The number of allylic oxidation sites excluding steroid dienone is 14. The van der Waals surface area contributed by atoms with Gasteiger partial charge in [0.1, 0.15) is 17.6 Å². The number of Topliss-reactive ketones (excluding diaryl/α,β-unsaturated/α-hetero) is 3. The lowest BCUT2D eigenvalue weighted by Crippen LogP contribution is -2.61. The zero-order valence-electron chi connectivity index (χ0n) is 74.6. The molecule has 0 bridgehead atoms. The third-order valence-electron chi connectivity index (χ3n) is 35.3. The first-order valence-electron chi connectivity index (χ1n) is 44.8. The molecule has 17 aliphatic rings. The predicted molar refractivity (Wildman–Crippen MR) is 474 cm³/mol. The molecular formula is C105H125IN6O9. The summed E-state index contributed by atoms with van der Waals surface area (Å²) >= 11 is 0. The molecule has 11 fully saturated rings. The number of nitriles is 5. The molecule has 2 spiro atoms. The maximum absolute atomic E-state index is 12.8. The minimum absolute atomic E-state index is 0. The second-order valence-electron chi connectivity index (χ2n) is 42.3. The van der Waals surface area contributed by atoms with E-state index >= 15 is 0 Å². The van der Waals surface area contributed by atoms with E-state index in [4.69, 9.17) is 53.0 Å². The molecule has 2 heterocycles. The van der Waals surface area contributed by atoms with Crippen LogP contribution < -0.4 is 0 Å². The Morgan fingerprint density at radius 1 is 0.413 bits per heavy atom. The Morgan fingerprint density at radius 2 is 0.802 bits per heavy atom. The van der Waals surface area contributed by atoms with Gasteiger partial charge in [-0.3, -0.25) is 19.2 Å². The van der Waals surface area contributed by atoms with Crippen LogP contribution in [0.4, 0.5) is 0 Å². The molecule has 0 unspecified atom stereocenters. The Hall–Kier alpha value is -8.16. The normalized spacial score (nSPS) is 38.7. The summed E-state index contributed by atoms with van der Waals surface area (Å²) < 4.78 is 24.8. The molecule has 0 aromatic rings. The summed E-state index contributed by atoms with van der Waals surface area (Å²) in [5.41, 5.74) is 3.11. The molecule has 16 heteroatoms. The molecule has 636 valence electrons. The molecular weight excluding hydrogens is 1620 g/mol. The van der Waals surface area contributed by atoms with Gasteiger partial charge in [0.2, 0.25) is 5.70 Å². The number of ether oxygens (including phenoxy) is 4. The van der Waals surface area contributed by atoms with Crippen molar-refractivity contribution in [3.05, 3.63) is 93.1 Å². The summed E-state index contributed by atoms with van der Waals surface area (Å²) in [6, 6.07) is 9.72. The fourth-order valence-corrected chi connectivity index (χ4v) is 29.4. The molecule has 15 atom stereocenters. The number of fused-ring (bicyclic) bond motifs is 15. The summed E-state index contributed by atoms with van der Waals surface area (Å²) in [5.74, 6) is 27.7. The van der Waals surface area contributed by atoms with Gasteiger partial charge in [-0.2, -0.15) is 26.3 Å². The van der Waals surface area contributed by atoms with Crippen LogP contribution >= 0.6 is 24.0 Å². The van der Waals surface area contributed by atoms with Gasteiger partial charge in [-0.15, -0.1) is 30.4 Å². The number of carbonyl (C=O) groups excluding carboxylic acids is 5. The van der Waals surface area contributed by atoms with Crippen molar-refractivity contribution < 1.29 is 42.9 Å². The Labute approximate surface area is 739 Å². The van der Waals surface area contributed by atoms with E-state index in [-0.39, 0.29) is 129 Å². The number of ketones is 5. The maximum atomic E-state index is 12.8. The fourth-order valence-electron chi connectivity index (χ4n) is 29.4. The first-order valence-corrected chi connectivity index (χ1v) is 44.8. The van der Waals surface area contributed by atoms with Gasteiger partial charge in [-0.1, -0.05) is 158 Å². The van der Waals surface area contributed by atoms with Crippen LogP contribution in [0.2, 0.25) is 0 Å². The van der Waals surface area contributed by atoms with Gasteiger partial charge < -0.3 is 23.7 Å². The van der Waals surface area contributed by atoms with Crippen LogP contribution in [0.25, 0.3) is 4.85 Å². The van der Waals surface area contributed by atoms with Crippen molar-refractivity contribution in [2.24, 2.45) is 111 Å². The lowest BCUT2D eigenvalue weighted by atomic mass is 9.43. The third kappa shape index (κ3) is 14.5. The predicted octanol–water partition coefficient (Wildman–Crippen LogP) is 21.2. The van der Waals surface area contributed by atoms with Crippen molar-refractivity contribution in [2.45, 2.75) is 302 Å². The lowest BCUT2D eigenvalue weighted by molar-refractivity contribution is -0.284. The molecule has 0 radical (unpaired) electrons. The third-order valence-corrected chi connectivity index (χ3v) is 35.3. The first kappa shape index (κ1) is 92.0. The van der Waals surface area contributed by atoms with E-state index in [1.165, 1.54) is 49.3 Å². The first-order chi connectivity index (χ1) is 56.6. The highest BCUT2D eigenvalue weighted by Crippen LogP contribution is 2.73. The van der Waals surface area contributed by atoms with Gasteiger partial charge in [-0.25, -0.2) is 4.85 Å². The fraction of sp³-hybridized carbons (Fsp3) is 0.667. The zero-order chi connectivity index (χ0) is 87.0. The summed E-state index contributed by atoms with van der Waals surface area (Å²) in [6.45, 7) is 43.2. The lowest BCUT2D eigenvalue weighted by Gasteiger charge is -2.64. The summed E-state index contributed by atoms with van der Waals surface area (Å²) in [7, 11) is 0. The van der Waals surface area contributed by atoms with Crippen LogP contribution in [0, 0.1) is 234 Å². The van der Waals surface area contributed by atoms with Gasteiger partial charge in [0.05, 0.1) is 65.6 Å². The number of carbonyl (C=O) groups is 5. The standard InChI is InChI=1S/C22H17N3O2.C22H29NO2.C21H30O2.C20H23NO2.C20H25NO.HI/c1-20(2)17-6-8-22(7-5-9-23)11-14(13-24)16(26)10-18(22)21(17,3)12-15(25-4)19(20)27;1-19(2)17-8-11-21(10-6-14-23)9-5-4-7-18(21)20(17,3)12-13-22(19)24-15-16-25-22;1-5-20-10-7-6-8-17(20)19(4)12-13-21(22-14-15-23-21)18(2,3)16(19)9-11-20;1-18(2)15-6-11-20(8-4-12-21)10-5-14(22)13-16(20)19(15,3)9-7-17(18)23;1-18(2)15-8-13-20(11-6-14-21)10-5-4-7-16(20)19(15,3)12-9-17(18)22;/h10-12,17H,6,8H2,1-3H3;7,17H,4-5,8-9,11-13,15-16H2,1-3H3;1,8,16H,6-7,9-15H2,2-4H3;13,15H,5-7,9-11H2,1-3H3;7,15H,4-5,8-10,12-13H2,1-3H3;1H/t17-,21-,22-;17-,20-,21-;16-,19-,20+;15-,19-,20+;15-,19-,20-;/m00000./s1. The minimum atomic E-state index is -0.917. The van der Waals surface area contributed by atoms with Gasteiger partial charge in [0.15, 0.2) is 53.2 Å². The van der Waals surface area contributed by atoms with Crippen molar-refractivity contribution >= 4 is 52.9 Å². The molecule has 9 saturated carbocycles. The minimum Gasteiger partial charge on any atom is -0.347 e. The smallest absolute Gasteiger partial charge is 0.226 e. The molecule has 0 N–H and O–H groups in total. The molecule has 121 heavy (non-hydrogen) atoms. The number of nitrogens with zero attached hydrogens (tertiary/aromatic N) is 6. The van der Waals surface area contributed by atoms with E-state index < -0.39 is 27.8 Å². The molecule has 0 aromatic heterocycles. The maximum Gasteiger partial charge on any atom is 0.226 e.